The number of hydrogen-bond donors (Lipinski definition) is 1. The molecule has 1 aromatic carbocycles. The van der Waals surface area contributed by atoms with Gasteiger partial charge in [0.15, 0.2) is 11.6 Å². The first-order chi connectivity index (χ1) is 11.7. The van der Waals surface area contributed by atoms with Gasteiger partial charge in [0.05, 0.1) is 19.8 Å². The second-order valence-corrected chi connectivity index (χ2v) is 6.60. The number of amides is 2. The minimum absolute atomic E-state index is 0.191. The van der Waals surface area contributed by atoms with Crippen molar-refractivity contribution in [3.8, 4) is 11.4 Å². The number of benzene rings is 1. The molecule has 0 saturated carbocycles. The summed E-state index contributed by atoms with van der Waals surface area (Å²) >= 11 is 1.18. The van der Waals surface area contributed by atoms with Crippen molar-refractivity contribution in [2.24, 2.45) is 0 Å². The Bertz CT molecular complexity index is 715. The molecular formula is C16H18N4O3S. The molecule has 1 N–H and O–H groups in total. The maximum Gasteiger partial charge on any atom is 0.323 e. The third-order valence-electron chi connectivity index (χ3n) is 4.19. The summed E-state index contributed by atoms with van der Waals surface area (Å²) in [5.74, 6) is -0.000172. The Morgan fingerprint density at radius 2 is 2.04 bits per heavy atom. The summed E-state index contributed by atoms with van der Waals surface area (Å²) < 4.78 is 15.7. The van der Waals surface area contributed by atoms with Crippen molar-refractivity contribution < 1.29 is 14.3 Å². The molecule has 0 bridgehead atoms. The van der Waals surface area contributed by atoms with Gasteiger partial charge in [-0.05, 0) is 6.42 Å². The van der Waals surface area contributed by atoms with Crippen LogP contribution in [0, 0.1) is 0 Å². The van der Waals surface area contributed by atoms with E-state index in [2.05, 4.69) is 14.7 Å². The number of nitrogens with one attached hydrogen (secondary N) is 1. The first-order valence-electron chi connectivity index (χ1n) is 7.97. The number of ether oxygens (including phenoxy) is 2. The van der Waals surface area contributed by atoms with Gasteiger partial charge in [-0.25, -0.2) is 4.79 Å². The summed E-state index contributed by atoms with van der Waals surface area (Å²) in [5, 5.41) is 3.32. The lowest BCUT2D eigenvalue weighted by atomic mass is 10.1. The van der Waals surface area contributed by atoms with E-state index in [-0.39, 0.29) is 6.03 Å². The molecule has 2 fully saturated rings. The van der Waals surface area contributed by atoms with E-state index in [1.165, 1.54) is 11.5 Å². The normalized spacial score (nSPS) is 19.6. The van der Waals surface area contributed by atoms with Crippen molar-refractivity contribution in [1.29, 1.82) is 0 Å². The second kappa shape index (κ2) is 6.46. The average Bonchev–Trinajstić information content (AvgIpc) is 3.26. The number of aromatic nitrogens is 2. The molecule has 3 heterocycles. The molecule has 2 aromatic rings. The molecule has 8 heteroatoms. The van der Waals surface area contributed by atoms with Gasteiger partial charge >= 0.3 is 6.03 Å². The zero-order chi connectivity index (χ0) is 16.4. The van der Waals surface area contributed by atoms with Crippen LogP contribution in [0.2, 0.25) is 0 Å². The Labute approximate surface area is 143 Å². The molecule has 2 aliphatic heterocycles. The minimum atomic E-state index is -0.619. The molecule has 1 aromatic heterocycles. The van der Waals surface area contributed by atoms with Gasteiger partial charge in [-0.15, -0.1) is 0 Å². The predicted molar refractivity (Wildman–Crippen MR) is 89.8 cm³/mol. The highest BCUT2D eigenvalue weighted by Gasteiger charge is 2.42. The van der Waals surface area contributed by atoms with Crippen LogP contribution in [0.1, 0.15) is 12.8 Å². The van der Waals surface area contributed by atoms with Crippen molar-refractivity contribution in [3.63, 3.8) is 0 Å². The van der Waals surface area contributed by atoms with Crippen LogP contribution in [0.15, 0.2) is 30.3 Å². The van der Waals surface area contributed by atoms with Crippen molar-refractivity contribution in [2.75, 3.05) is 31.6 Å². The zero-order valence-corrected chi connectivity index (χ0v) is 13.9. The minimum Gasteiger partial charge on any atom is -0.346 e. The van der Waals surface area contributed by atoms with Gasteiger partial charge in [0.25, 0.3) is 0 Å². The molecule has 2 aliphatic rings. The lowest BCUT2D eigenvalue weighted by Crippen LogP contribution is -2.52. The quantitative estimate of drug-likeness (QED) is 0.904. The number of likely N-dealkylation sites (tertiary alicyclic amines) is 1. The fraction of sp³-hybridized carbons (Fsp3) is 0.438. The SMILES string of the molecule is O=C(Nc1nc(-c2ccccc2)ns1)N1CCCC2(C1)OCCO2. The van der Waals surface area contributed by atoms with Crippen LogP contribution in [0.25, 0.3) is 11.4 Å². The number of hydrogen-bond acceptors (Lipinski definition) is 6. The third kappa shape index (κ3) is 3.12. The van der Waals surface area contributed by atoms with E-state index in [1.807, 2.05) is 30.3 Å². The zero-order valence-electron chi connectivity index (χ0n) is 13.1. The monoisotopic (exact) mass is 346 g/mol. The van der Waals surface area contributed by atoms with Crippen molar-refractivity contribution >= 4 is 22.7 Å². The van der Waals surface area contributed by atoms with Crippen molar-refractivity contribution in [2.45, 2.75) is 18.6 Å². The molecule has 24 heavy (non-hydrogen) atoms. The summed E-state index contributed by atoms with van der Waals surface area (Å²) in [5.41, 5.74) is 0.930. The van der Waals surface area contributed by atoms with E-state index in [0.717, 1.165) is 18.4 Å². The molecular weight excluding hydrogens is 328 g/mol. The largest absolute Gasteiger partial charge is 0.346 e. The smallest absolute Gasteiger partial charge is 0.323 e. The van der Waals surface area contributed by atoms with Gasteiger partial charge in [0.1, 0.15) is 0 Å². The van der Waals surface area contributed by atoms with Crippen LogP contribution >= 0.6 is 11.5 Å². The lowest BCUT2D eigenvalue weighted by molar-refractivity contribution is -0.182. The number of anilines is 1. The number of nitrogens with zero attached hydrogens (tertiary/aromatic N) is 3. The van der Waals surface area contributed by atoms with Gasteiger partial charge in [0.2, 0.25) is 5.13 Å². The molecule has 2 amide bonds. The van der Waals surface area contributed by atoms with Crippen LogP contribution < -0.4 is 5.32 Å². The first kappa shape index (κ1) is 15.5. The second-order valence-electron chi connectivity index (χ2n) is 5.85. The fourth-order valence-corrected chi connectivity index (χ4v) is 3.62. The summed E-state index contributed by atoms with van der Waals surface area (Å²) in [6.07, 6.45) is 1.69. The topological polar surface area (TPSA) is 76.6 Å². The lowest BCUT2D eigenvalue weighted by Gasteiger charge is -2.38. The van der Waals surface area contributed by atoms with E-state index in [1.54, 1.807) is 4.90 Å². The van der Waals surface area contributed by atoms with E-state index in [9.17, 15) is 4.79 Å². The summed E-state index contributed by atoms with van der Waals surface area (Å²) in [4.78, 5) is 18.6. The Morgan fingerprint density at radius 1 is 1.25 bits per heavy atom. The van der Waals surface area contributed by atoms with Crippen LogP contribution in [-0.4, -0.2) is 52.4 Å². The first-order valence-corrected chi connectivity index (χ1v) is 8.74. The Kier molecular flexibility index (Phi) is 4.17. The molecule has 4 rings (SSSR count). The number of carbonyl (C=O) groups excluding carboxylic acids is 1. The highest BCUT2D eigenvalue weighted by molar-refractivity contribution is 7.10. The highest BCUT2D eigenvalue weighted by Crippen LogP contribution is 2.30. The molecule has 2 saturated heterocycles. The summed E-state index contributed by atoms with van der Waals surface area (Å²) in [6.45, 7) is 2.31. The van der Waals surface area contributed by atoms with Crippen LogP contribution in [0.3, 0.4) is 0 Å². The van der Waals surface area contributed by atoms with Gasteiger partial charge in [0, 0.05) is 30.1 Å². The number of urea groups is 1. The van der Waals surface area contributed by atoms with Crippen molar-refractivity contribution in [3.05, 3.63) is 30.3 Å². The van der Waals surface area contributed by atoms with E-state index in [0.29, 0.717) is 37.3 Å². The average molecular weight is 346 g/mol. The number of rotatable bonds is 2. The molecule has 0 radical (unpaired) electrons. The third-order valence-corrected chi connectivity index (χ3v) is 4.82. The molecule has 0 atom stereocenters. The van der Waals surface area contributed by atoms with E-state index >= 15 is 0 Å². The summed E-state index contributed by atoms with van der Waals surface area (Å²) in [7, 11) is 0. The standard InChI is InChI=1S/C16H18N4O3S/c21-15(20-8-4-7-16(11-20)22-9-10-23-16)18-14-17-13(19-24-14)12-5-2-1-3-6-12/h1-3,5-6H,4,7-11H2,(H,17,18,19,21). The molecule has 126 valence electrons. The van der Waals surface area contributed by atoms with E-state index in [4.69, 9.17) is 9.47 Å². The predicted octanol–water partition coefficient (Wildman–Crippen LogP) is 2.58. The number of carbonyl (C=O) groups is 1. The molecule has 1 spiro atoms. The molecule has 0 aliphatic carbocycles. The van der Waals surface area contributed by atoms with Gasteiger partial charge < -0.3 is 14.4 Å². The van der Waals surface area contributed by atoms with Crippen LogP contribution in [0.5, 0.6) is 0 Å². The maximum atomic E-state index is 12.5. The van der Waals surface area contributed by atoms with Gasteiger partial charge in [-0.2, -0.15) is 9.36 Å². The van der Waals surface area contributed by atoms with Gasteiger partial charge in [-0.3, -0.25) is 5.32 Å². The maximum absolute atomic E-state index is 12.5. The Balaban J connectivity index is 1.42. The Morgan fingerprint density at radius 3 is 2.83 bits per heavy atom. The Hall–Kier alpha value is -2.03. The fourth-order valence-electron chi connectivity index (χ4n) is 3.04. The van der Waals surface area contributed by atoms with E-state index < -0.39 is 5.79 Å². The van der Waals surface area contributed by atoms with Gasteiger partial charge in [-0.1, -0.05) is 30.3 Å². The highest BCUT2D eigenvalue weighted by atomic mass is 32.1. The van der Waals surface area contributed by atoms with Crippen LogP contribution in [-0.2, 0) is 9.47 Å². The molecule has 7 nitrogen and oxygen atoms in total. The number of piperidine rings is 1. The summed E-state index contributed by atoms with van der Waals surface area (Å²) in [6, 6.07) is 9.50. The van der Waals surface area contributed by atoms with Crippen molar-refractivity contribution in [1.82, 2.24) is 14.3 Å². The molecule has 0 unspecified atom stereocenters. The van der Waals surface area contributed by atoms with Crippen LogP contribution in [0.4, 0.5) is 9.93 Å².